The van der Waals surface area contributed by atoms with Gasteiger partial charge in [-0.3, -0.25) is 14.6 Å². The number of nitrogens with zero attached hydrogens (tertiary/aromatic N) is 1. The number of alkyl halides is 1. The number of amides is 1. The zero-order chi connectivity index (χ0) is 14.7. The molecular weight excluding hydrogens is 285 g/mol. The van der Waals surface area contributed by atoms with E-state index in [1.807, 2.05) is 0 Å². The molecule has 1 amide bonds. The van der Waals surface area contributed by atoms with Crippen LogP contribution in [0.5, 0.6) is 0 Å². The number of aromatic nitrogens is 1. The highest BCUT2D eigenvalue weighted by atomic mass is 32.1. The van der Waals surface area contributed by atoms with Crippen LogP contribution in [0.1, 0.15) is 15.2 Å². The average Bonchev–Trinajstić information content (AvgIpc) is 2.87. The van der Waals surface area contributed by atoms with Crippen molar-refractivity contribution in [2.75, 3.05) is 6.54 Å². The minimum Gasteiger partial charge on any atom is -0.480 e. The van der Waals surface area contributed by atoms with E-state index in [1.54, 1.807) is 12.1 Å². The summed E-state index contributed by atoms with van der Waals surface area (Å²) in [6, 6.07) is 1.94. The summed E-state index contributed by atoms with van der Waals surface area (Å²) in [4.78, 5) is 26.8. The minimum atomic E-state index is -1.19. The van der Waals surface area contributed by atoms with Crippen LogP contribution in [0.25, 0.3) is 10.2 Å². The third kappa shape index (κ3) is 2.91. The number of thiophene rings is 1. The third-order valence-electron chi connectivity index (χ3n) is 2.66. The number of hydrogen-bond acceptors (Lipinski definition) is 5. The van der Waals surface area contributed by atoms with Gasteiger partial charge >= 0.3 is 5.97 Å². The summed E-state index contributed by atoms with van der Waals surface area (Å²) >= 11 is 1.11. The summed E-state index contributed by atoms with van der Waals surface area (Å²) < 4.78 is 13.4. The summed E-state index contributed by atoms with van der Waals surface area (Å²) in [7, 11) is 0. The van der Waals surface area contributed by atoms with Crippen LogP contribution in [-0.2, 0) is 11.5 Å². The SMILES string of the molecule is N[C@H](CNC(=O)c1cc2nccc(CF)c2s1)C(=O)O. The first-order valence-electron chi connectivity index (χ1n) is 5.73. The summed E-state index contributed by atoms with van der Waals surface area (Å²) in [6.07, 6.45) is 1.48. The number of nitrogens with two attached hydrogens (primary N) is 1. The van der Waals surface area contributed by atoms with Gasteiger partial charge in [0.05, 0.1) is 15.1 Å². The second kappa shape index (κ2) is 5.93. The van der Waals surface area contributed by atoms with E-state index in [-0.39, 0.29) is 6.54 Å². The number of carbonyl (C=O) groups excluding carboxylic acids is 1. The van der Waals surface area contributed by atoms with Gasteiger partial charge in [0, 0.05) is 18.3 Å². The van der Waals surface area contributed by atoms with Crippen molar-refractivity contribution in [3.05, 3.63) is 28.8 Å². The van der Waals surface area contributed by atoms with E-state index in [9.17, 15) is 14.0 Å². The van der Waals surface area contributed by atoms with E-state index in [4.69, 9.17) is 10.8 Å². The maximum absolute atomic E-state index is 12.8. The molecule has 20 heavy (non-hydrogen) atoms. The minimum absolute atomic E-state index is 0.175. The van der Waals surface area contributed by atoms with Crippen LogP contribution in [-0.4, -0.2) is 34.6 Å². The quantitative estimate of drug-likeness (QED) is 0.760. The molecule has 0 saturated carbocycles. The molecule has 0 saturated heterocycles. The molecule has 0 aromatic carbocycles. The van der Waals surface area contributed by atoms with E-state index >= 15 is 0 Å². The molecule has 2 rings (SSSR count). The first kappa shape index (κ1) is 14.4. The first-order chi connectivity index (χ1) is 9.52. The highest BCUT2D eigenvalue weighted by molar-refractivity contribution is 7.21. The van der Waals surface area contributed by atoms with Gasteiger partial charge in [0.15, 0.2) is 0 Å². The Hall–Kier alpha value is -2.06. The van der Waals surface area contributed by atoms with Crippen LogP contribution in [0.2, 0.25) is 0 Å². The van der Waals surface area contributed by atoms with E-state index in [2.05, 4.69) is 10.3 Å². The van der Waals surface area contributed by atoms with Crippen molar-refractivity contribution in [1.82, 2.24) is 10.3 Å². The molecule has 1 atom stereocenters. The highest BCUT2D eigenvalue weighted by Gasteiger charge is 2.16. The Labute approximate surface area is 117 Å². The fourth-order valence-electron chi connectivity index (χ4n) is 1.58. The lowest BCUT2D eigenvalue weighted by molar-refractivity contribution is -0.138. The fraction of sp³-hybridized carbons (Fsp3) is 0.250. The Morgan fingerprint density at radius 1 is 1.55 bits per heavy atom. The number of nitrogens with one attached hydrogen (secondary N) is 1. The van der Waals surface area contributed by atoms with Gasteiger partial charge < -0.3 is 16.2 Å². The number of carbonyl (C=O) groups is 2. The molecule has 2 heterocycles. The topological polar surface area (TPSA) is 105 Å². The molecule has 0 spiro atoms. The maximum atomic E-state index is 12.8. The van der Waals surface area contributed by atoms with Gasteiger partial charge in [0.1, 0.15) is 12.7 Å². The van der Waals surface area contributed by atoms with Gasteiger partial charge in [-0.05, 0) is 12.1 Å². The Morgan fingerprint density at radius 2 is 2.30 bits per heavy atom. The van der Waals surface area contributed by atoms with Crippen LogP contribution < -0.4 is 11.1 Å². The Morgan fingerprint density at radius 3 is 2.95 bits per heavy atom. The van der Waals surface area contributed by atoms with Crippen molar-refractivity contribution in [1.29, 1.82) is 0 Å². The van der Waals surface area contributed by atoms with E-state index in [0.29, 0.717) is 20.7 Å². The van der Waals surface area contributed by atoms with Crippen molar-refractivity contribution < 1.29 is 19.1 Å². The molecule has 0 fully saturated rings. The number of fused-ring (bicyclic) bond motifs is 1. The van der Waals surface area contributed by atoms with Gasteiger partial charge in [0.2, 0.25) is 0 Å². The molecule has 0 aliphatic rings. The molecule has 106 valence electrons. The predicted molar refractivity (Wildman–Crippen MR) is 72.4 cm³/mol. The third-order valence-corrected chi connectivity index (χ3v) is 3.86. The number of aliphatic carboxylic acids is 1. The number of halogens is 1. The van der Waals surface area contributed by atoms with E-state index in [1.165, 1.54) is 6.20 Å². The summed E-state index contributed by atoms with van der Waals surface area (Å²) in [5.74, 6) is -1.64. The molecule has 0 bridgehead atoms. The van der Waals surface area contributed by atoms with Gasteiger partial charge in [-0.2, -0.15) is 0 Å². The average molecular weight is 297 g/mol. The van der Waals surface area contributed by atoms with Crippen molar-refractivity contribution in [3.8, 4) is 0 Å². The van der Waals surface area contributed by atoms with Crippen LogP contribution in [0, 0.1) is 0 Å². The molecule has 0 radical (unpaired) electrons. The Kier molecular flexibility index (Phi) is 4.26. The molecule has 0 aliphatic heterocycles. The maximum Gasteiger partial charge on any atom is 0.322 e. The highest BCUT2D eigenvalue weighted by Crippen LogP contribution is 2.27. The first-order valence-corrected chi connectivity index (χ1v) is 6.54. The number of carboxylic acid groups (broad SMARTS) is 1. The molecular formula is C12H12FN3O3S. The molecule has 2 aromatic rings. The van der Waals surface area contributed by atoms with Crippen LogP contribution in [0.15, 0.2) is 18.3 Å². The lowest BCUT2D eigenvalue weighted by Gasteiger charge is -2.06. The van der Waals surface area contributed by atoms with Crippen molar-refractivity contribution in [3.63, 3.8) is 0 Å². The van der Waals surface area contributed by atoms with Crippen molar-refractivity contribution in [2.45, 2.75) is 12.7 Å². The number of carboxylic acids is 1. The number of rotatable bonds is 5. The van der Waals surface area contributed by atoms with E-state index < -0.39 is 24.6 Å². The molecule has 6 nitrogen and oxygen atoms in total. The standard InChI is InChI=1S/C12H12FN3O3S/c13-4-6-1-2-15-8-3-9(20-10(6)8)11(17)16-5-7(14)12(18)19/h1-3,7H,4-5,14H2,(H,16,17)(H,18,19)/t7-/m1/s1. The predicted octanol–water partition coefficient (Wildman–Crippen LogP) is 0.907. The zero-order valence-electron chi connectivity index (χ0n) is 10.3. The largest absolute Gasteiger partial charge is 0.480 e. The monoisotopic (exact) mass is 297 g/mol. The van der Waals surface area contributed by atoms with Gasteiger partial charge in [-0.15, -0.1) is 11.3 Å². The van der Waals surface area contributed by atoms with Crippen LogP contribution in [0.3, 0.4) is 0 Å². The number of hydrogen-bond donors (Lipinski definition) is 3. The second-order valence-electron chi connectivity index (χ2n) is 4.08. The van der Waals surface area contributed by atoms with Crippen molar-refractivity contribution in [2.24, 2.45) is 5.73 Å². The second-order valence-corrected chi connectivity index (χ2v) is 5.14. The normalized spacial score (nSPS) is 12.3. The molecule has 0 unspecified atom stereocenters. The van der Waals surface area contributed by atoms with Gasteiger partial charge in [0.25, 0.3) is 5.91 Å². The lowest BCUT2D eigenvalue weighted by Crippen LogP contribution is -2.42. The summed E-state index contributed by atoms with van der Waals surface area (Å²) in [6.45, 7) is -0.809. The molecule has 2 aromatic heterocycles. The van der Waals surface area contributed by atoms with Crippen LogP contribution in [0.4, 0.5) is 4.39 Å². The van der Waals surface area contributed by atoms with Crippen LogP contribution >= 0.6 is 11.3 Å². The fourth-order valence-corrected chi connectivity index (χ4v) is 2.61. The zero-order valence-corrected chi connectivity index (χ0v) is 11.1. The van der Waals surface area contributed by atoms with Gasteiger partial charge in [-0.1, -0.05) is 0 Å². The molecule has 8 heteroatoms. The van der Waals surface area contributed by atoms with E-state index in [0.717, 1.165) is 11.3 Å². The van der Waals surface area contributed by atoms with Gasteiger partial charge in [-0.25, -0.2) is 4.39 Å². The lowest BCUT2D eigenvalue weighted by atomic mass is 10.2. The Balaban J connectivity index is 2.17. The molecule has 0 aliphatic carbocycles. The number of pyridine rings is 1. The summed E-state index contributed by atoms with van der Waals surface area (Å²) in [5.41, 5.74) is 6.30. The van der Waals surface area contributed by atoms with Crippen molar-refractivity contribution >= 4 is 33.4 Å². The Bertz CT molecular complexity index is 658. The molecule has 4 N–H and O–H groups in total. The smallest absolute Gasteiger partial charge is 0.322 e. The summed E-state index contributed by atoms with van der Waals surface area (Å²) in [5, 5.41) is 11.0.